The van der Waals surface area contributed by atoms with E-state index in [0.29, 0.717) is 17.8 Å². The fraction of sp³-hybridized carbons (Fsp3) is 0.167. The van der Waals surface area contributed by atoms with Gasteiger partial charge in [0.1, 0.15) is 5.82 Å². The van der Waals surface area contributed by atoms with Crippen molar-refractivity contribution in [3.63, 3.8) is 0 Å². The van der Waals surface area contributed by atoms with Crippen molar-refractivity contribution in [1.29, 1.82) is 0 Å². The zero-order chi connectivity index (χ0) is 13.2. The maximum absolute atomic E-state index is 13.1. The van der Waals surface area contributed by atoms with Crippen molar-refractivity contribution < 1.29 is 13.4 Å². The normalized spacial score (nSPS) is 10.8. The maximum atomic E-state index is 13.1. The van der Waals surface area contributed by atoms with Gasteiger partial charge in [0.05, 0.1) is 0 Å². The third-order valence-corrected chi connectivity index (χ3v) is 2.48. The number of hydrogen-bond donors (Lipinski definition) is 0. The molecule has 3 rings (SSSR count). The molecule has 96 valence electrons. The van der Waals surface area contributed by atoms with E-state index in [9.17, 15) is 4.39 Å². The number of hydrogen-bond acceptors (Lipinski definition) is 6. The fourth-order valence-electron chi connectivity index (χ4n) is 1.54. The molecule has 0 saturated heterocycles. The summed E-state index contributed by atoms with van der Waals surface area (Å²) in [4.78, 5) is 8.17. The summed E-state index contributed by atoms with van der Waals surface area (Å²) in [7, 11) is 0. The lowest BCUT2D eigenvalue weighted by atomic mass is 10.2. The Kier molecular flexibility index (Phi) is 2.79. The van der Waals surface area contributed by atoms with Crippen LogP contribution < -0.4 is 0 Å². The molecule has 7 heteroatoms. The van der Waals surface area contributed by atoms with Crippen LogP contribution in [-0.2, 0) is 6.42 Å². The number of nitrogens with zero attached hydrogens (tertiary/aromatic N) is 4. The maximum Gasteiger partial charge on any atom is 0.316 e. The molecular weight excluding hydrogens is 251 g/mol. The van der Waals surface area contributed by atoms with Gasteiger partial charge in [0.15, 0.2) is 5.82 Å². The van der Waals surface area contributed by atoms with E-state index in [4.69, 9.17) is 9.05 Å². The lowest BCUT2D eigenvalue weighted by Gasteiger charge is -1.92. The quantitative estimate of drug-likeness (QED) is 0.719. The highest BCUT2D eigenvalue weighted by molar-refractivity contribution is 5.56. The van der Waals surface area contributed by atoms with E-state index in [1.165, 1.54) is 12.1 Å². The van der Waals surface area contributed by atoms with Crippen LogP contribution in [0.5, 0.6) is 0 Å². The Balaban J connectivity index is 1.95. The molecular formula is C12H9FN4O2. The van der Waals surface area contributed by atoms with Crippen LogP contribution in [0, 0.1) is 5.82 Å². The lowest BCUT2D eigenvalue weighted by molar-refractivity contribution is 0.380. The van der Waals surface area contributed by atoms with Crippen molar-refractivity contribution in [3.05, 3.63) is 35.9 Å². The topological polar surface area (TPSA) is 77.8 Å². The van der Waals surface area contributed by atoms with Gasteiger partial charge in [0, 0.05) is 12.0 Å². The predicted octanol–water partition coefficient (Wildman–Crippen LogP) is 2.49. The molecule has 0 spiro atoms. The van der Waals surface area contributed by atoms with Crippen LogP contribution in [0.4, 0.5) is 4.39 Å². The monoisotopic (exact) mass is 260 g/mol. The highest BCUT2D eigenvalue weighted by atomic mass is 19.1. The van der Waals surface area contributed by atoms with Crippen molar-refractivity contribution in [2.75, 3.05) is 0 Å². The van der Waals surface area contributed by atoms with Crippen LogP contribution in [-0.4, -0.2) is 20.3 Å². The summed E-state index contributed by atoms with van der Waals surface area (Å²) in [6, 6.07) is 5.92. The number of rotatable bonds is 3. The van der Waals surface area contributed by atoms with E-state index in [2.05, 4.69) is 20.3 Å². The fourth-order valence-corrected chi connectivity index (χ4v) is 1.54. The molecule has 0 atom stereocenters. The van der Waals surface area contributed by atoms with Crippen LogP contribution in [0.1, 0.15) is 12.7 Å². The molecule has 0 amide bonds. The van der Waals surface area contributed by atoms with Gasteiger partial charge in [-0.2, -0.15) is 9.97 Å². The van der Waals surface area contributed by atoms with E-state index < -0.39 is 0 Å². The number of aromatic nitrogens is 4. The van der Waals surface area contributed by atoms with E-state index in [0.717, 1.165) is 0 Å². The van der Waals surface area contributed by atoms with E-state index in [1.807, 2.05) is 6.92 Å². The number of aryl methyl sites for hydroxylation is 1. The second kappa shape index (κ2) is 4.60. The summed E-state index contributed by atoms with van der Waals surface area (Å²) >= 11 is 0. The largest absolute Gasteiger partial charge is 0.329 e. The zero-order valence-electron chi connectivity index (χ0n) is 10.00. The van der Waals surface area contributed by atoms with Crippen molar-refractivity contribution in [3.8, 4) is 23.2 Å². The molecule has 0 N–H and O–H groups in total. The van der Waals surface area contributed by atoms with Gasteiger partial charge >= 0.3 is 11.8 Å². The van der Waals surface area contributed by atoms with Crippen LogP contribution in [0.25, 0.3) is 23.2 Å². The van der Waals surface area contributed by atoms with Gasteiger partial charge in [0.25, 0.3) is 0 Å². The molecule has 6 nitrogen and oxygen atoms in total. The summed E-state index contributed by atoms with van der Waals surface area (Å²) in [6.07, 6.45) is 0.647. The van der Waals surface area contributed by atoms with E-state index in [1.54, 1.807) is 12.1 Å². The molecule has 0 saturated carbocycles. The number of benzene rings is 1. The average molecular weight is 260 g/mol. The first kappa shape index (κ1) is 11.5. The molecule has 0 aliphatic carbocycles. The Morgan fingerprint density at radius 2 is 1.89 bits per heavy atom. The highest BCUT2D eigenvalue weighted by Crippen LogP contribution is 2.21. The van der Waals surface area contributed by atoms with Gasteiger partial charge in [-0.25, -0.2) is 4.39 Å². The Morgan fingerprint density at radius 1 is 1.11 bits per heavy atom. The lowest BCUT2D eigenvalue weighted by Crippen LogP contribution is -1.84. The van der Waals surface area contributed by atoms with Gasteiger partial charge in [-0.1, -0.05) is 29.4 Å². The van der Waals surface area contributed by atoms with Crippen molar-refractivity contribution in [2.45, 2.75) is 13.3 Å². The first-order valence-corrected chi connectivity index (χ1v) is 5.69. The minimum atomic E-state index is -0.366. The molecule has 0 fully saturated rings. The third kappa shape index (κ3) is 2.22. The molecule has 2 aromatic heterocycles. The van der Waals surface area contributed by atoms with E-state index in [-0.39, 0.29) is 23.4 Å². The second-order valence-corrected chi connectivity index (χ2v) is 3.80. The van der Waals surface area contributed by atoms with Gasteiger partial charge in [-0.15, -0.1) is 0 Å². The van der Waals surface area contributed by atoms with Crippen molar-refractivity contribution in [2.24, 2.45) is 0 Å². The summed E-state index contributed by atoms with van der Waals surface area (Å²) in [5.41, 5.74) is 0.519. The minimum Gasteiger partial charge on any atom is -0.329 e. The predicted molar refractivity (Wildman–Crippen MR) is 62.4 cm³/mol. The molecule has 0 bridgehead atoms. The SMILES string of the molecule is CCc1noc(-c2nc(-c3cccc(F)c3)no2)n1. The summed E-state index contributed by atoms with van der Waals surface area (Å²) in [6.45, 7) is 1.90. The zero-order valence-corrected chi connectivity index (χ0v) is 10.00. The molecule has 19 heavy (non-hydrogen) atoms. The second-order valence-electron chi connectivity index (χ2n) is 3.80. The van der Waals surface area contributed by atoms with Gasteiger partial charge < -0.3 is 9.05 Å². The Labute approximate surface area is 107 Å². The summed E-state index contributed by atoms with van der Waals surface area (Å²) in [5.74, 6) is 0.736. The van der Waals surface area contributed by atoms with E-state index >= 15 is 0 Å². The summed E-state index contributed by atoms with van der Waals surface area (Å²) in [5, 5.41) is 7.49. The first-order valence-electron chi connectivity index (χ1n) is 5.69. The molecule has 2 heterocycles. The van der Waals surface area contributed by atoms with Gasteiger partial charge in [0.2, 0.25) is 5.82 Å². The Morgan fingerprint density at radius 3 is 2.63 bits per heavy atom. The van der Waals surface area contributed by atoms with Gasteiger partial charge in [-0.05, 0) is 12.1 Å². The van der Waals surface area contributed by atoms with Crippen LogP contribution in [0.3, 0.4) is 0 Å². The summed E-state index contributed by atoms with van der Waals surface area (Å²) < 4.78 is 23.1. The Hall–Kier alpha value is -2.57. The molecule has 3 aromatic rings. The average Bonchev–Trinajstić information content (AvgIpc) is 3.07. The Bertz CT molecular complexity index is 707. The molecule has 0 radical (unpaired) electrons. The molecule has 0 aliphatic heterocycles. The molecule has 0 unspecified atom stereocenters. The highest BCUT2D eigenvalue weighted by Gasteiger charge is 2.16. The van der Waals surface area contributed by atoms with Crippen molar-refractivity contribution >= 4 is 0 Å². The third-order valence-electron chi connectivity index (χ3n) is 2.48. The standard InChI is InChI=1S/C12H9FN4O2/c1-2-9-14-11(18-16-9)12-15-10(17-19-12)7-4-3-5-8(13)6-7/h3-6H,2H2,1H3. The molecule has 0 aliphatic rings. The first-order chi connectivity index (χ1) is 9.26. The molecule has 1 aromatic carbocycles. The smallest absolute Gasteiger partial charge is 0.316 e. The van der Waals surface area contributed by atoms with Crippen LogP contribution in [0.2, 0.25) is 0 Å². The van der Waals surface area contributed by atoms with Crippen LogP contribution in [0.15, 0.2) is 33.3 Å². The number of halogens is 1. The van der Waals surface area contributed by atoms with Crippen molar-refractivity contribution in [1.82, 2.24) is 20.3 Å². The van der Waals surface area contributed by atoms with Gasteiger partial charge in [-0.3, -0.25) is 0 Å². The van der Waals surface area contributed by atoms with Crippen LogP contribution >= 0.6 is 0 Å². The minimum absolute atomic E-state index is 0.117.